The van der Waals surface area contributed by atoms with Crippen molar-refractivity contribution in [2.75, 3.05) is 7.11 Å². The Morgan fingerprint density at radius 2 is 2.14 bits per heavy atom. The van der Waals surface area contributed by atoms with Crippen molar-refractivity contribution in [3.05, 3.63) is 23.5 Å². The predicted molar refractivity (Wildman–Crippen MR) is 55.0 cm³/mol. The van der Waals surface area contributed by atoms with Crippen molar-refractivity contribution in [1.82, 2.24) is 0 Å². The highest BCUT2D eigenvalue weighted by Gasteiger charge is 2.36. The minimum Gasteiger partial charge on any atom is -0.497 e. The number of nitrogens with two attached hydrogens (primary N) is 1. The maximum Gasteiger partial charge on any atom is 0.218 e. The Hall–Kier alpha value is -0.810. The lowest BCUT2D eigenvalue weighted by Crippen LogP contribution is -2.40. The molecular formula is C9H15NO3S. The van der Waals surface area contributed by atoms with Gasteiger partial charge in [-0.15, -0.1) is 0 Å². The average Bonchev–Trinajstić information content (AvgIpc) is 2.02. The van der Waals surface area contributed by atoms with Gasteiger partial charge in [-0.3, -0.25) is 0 Å². The van der Waals surface area contributed by atoms with E-state index in [4.69, 9.17) is 9.88 Å². The Bertz CT molecular complexity index is 394. The summed E-state index contributed by atoms with van der Waals surface area (Å²) in [4.78, 5) is 0. The number of allylic oxidation sites excluding steroid dienone is 2. The third-order valence-corrected chi connectivity index (χ3v) is 4.07. The molecule has 1 unspecified atom stereocenters. The maximum atomic E-state index is 11.3. The molecule has 0 amide bonds. The van der Waals surface area contributed by atoms with Gasteiger partial charge in [0.15, 0.2) is 0 Å². The van der Waals surface area contributed by atoms with Gasteiger partial charge >= 0.3 is 0 Å². The lowest BCUT2D eigenvalue weighted by molar-refractivity contribution is 0.297. The van der Waals surface area contributed by atoms with Gasteiger partial charge in [0.2, 0.25) is 10.0 Å². The second kappa shape index (κ2) is 3.40. The molecule has 2 N–H and O–H groups in total. The van der Waals surface area contributed by atoms with E-state index in [1.54, 1.807) is 26.2 Å². The second-order valence-electron chi connectivity index (χ2n) is 3.72. The lowest BCUT2D eigenvalue weighted by atomic mass is 9.95. The van der Waals surface area contributed by atoms with E-state index in [0.29, 0.717) is 12.2 Å². The van der Waals surface area contributed by atoms with Crippen LogP contribution in [0.5, 0.6) is 0 Å². The minimum atomic E-state index is -3.57. The second-order valence-corrected chi connectivity index (χ2v) is 5.74. The largest absolute Gasteiger partial charge is 0.497 e. The van der Waals surface area contributed by atoms with Crippen molar-refractivity contribution in [2.24, 2.45) is 5.14 Å². The van der Waals surface area contributed by atoms with Crippen LogP contribution in [0.15, 0.2) is 23.5 Å². The summed E-state index contributed by atoms with van der Waals surface area (Å²) in [6, 6.07) is 0. The zero-order chi connectivity index (χ0) is 11.0. The van der Waals surface area contributed by atoms with Crippen LogP contribution in [-0.4, -0.2) is 20.3 Å². The summed E-state index contributed by atoms with van der Waals surface area (Å²) < 4.78 is 26.7. The van der Waals surface area contributed by atoms with E-state index < -0.39 is 14.8 Å². The third kappa shape index (κ3) is 1.83. The van der Waals surface area contributed by atoms with Crippen molar-refractivity contribution in [3.63, 3.8) is 0 Å². The molecule has 14 heavy (non-hydrogen) atoms. The summed E-state index contributed by atoms with van der Waals surface area (Å²) in [6.07, 6.45) is 3.61. The Kier molecular flexibility index (Phi) is 2.74. The van der Waals surface area contributed by atoms with Crippen LogP contribution in [0.25, 0.3) is 0 Å². The highest BCUT2D eigenvalue weighted by molar-refractivity contribution is 7.90. The van der Waals surface area contributed by atoms with Crippen LogP contribution in [0.3, 0.4) is 0 Å². The fourth-order valence-electron chi connectivity index (χ4n) is 1.50. The number of ether oxygens (including phenoxy) is 1. The van der Waals surface area contributed by atoms with Gasteiger partial charge in [0.25, 0.3) is 0 Å². The highest BCUT2D eigenvalue weighted by Crippen LogP contribution is 2.31. The van der Waals surface area contributed by atoms with E-state index in [-0.39, 0.29) is 0 Å². The van der Waals surface area contributed by atoms with Crippen molar-refractivity contribution < 1.29 is 13.2 Å². The smallest absolute Gasteiger partial charge is 0.218 e. The molecule has 0 saturated heterocycles. The summed E-state index contributed by atoms with van der Waals surface area (Å²) in [5, 5.41) is 5.15. The van der Waals surface area contributed by atoms with Gasteiger partial charge in [0.05, 0.1) is 7.11 Å². The van der Waals surface area contributed by atoms with E-state index >= 15 is 0 Å². The molecule has 0 heterocycles. The van der Waals surface area contributed by atoms with Crippen LogP contribution in [0.1, 0.15) is 20.3 Å². The van der Waals surface area contributed by atoms with Crippen molar-refractivity contribution >= 4 is 10.0 Å². The highest BCUT2D eigenvalue weighted by atomic mass is 32.2. The molecule has 0 aliphatic heterocycles. The summed E-state index contributed by atoms with van der Waals surface area (Å²) in [5.41, 5.74) is 0.895. The molecule has 0 spiro atoms. The Labute approximate surface area is 84.5 Å². The van der Waals surface area contributed by atoms with Crippen LogP contribution < -0.4 is 5.14 Å². The van der Waals surface area contributed by atoms with Gasteiger partial charge in [0.1, 0.15) is 10.5 Å². The maximum absolute atomic E-state index is 11.3. The first kappa shape index (κ1) is 11.3. The van der Waals surface area contributed by atoms with Crippen molar-refractivity contribution in [2.45, 2.75) is 25.0 Å². The topological polar surface area (TPSA) is 69.4 Å². The molecule has 0 radical (unpaired) electrons. The fraction of sp³-hybridized carbons (Fsp3) is 0.556. The number of methoxy groups -OCH3 is 1. The van der Waals surface area contributed by atoms with Crippen LogP contribution in [0.4, 0.5) is 0 Å². The molecule has 0 bridgehead atoms. The Balaban J connectivity index is 3.08. The molecule has 1 rings (SSSR count). The van der Waals surface area contributed by atoms with E-state index in [1.165, 1.54) is 0 Å². The molecular weight excluding hydrogens is 202 g/mol. The molecule has 0 fully saturated rings. The first-order valence-electron chi connectivity index (χ1n) is 4.25. The quantitative estimate of drug-likeness (QED) is 0.747. The lowest BCUT2D eigenvalue weighted by Gasteiger charge is -2.27. The predicted octanol–water partition coefficient (Wildman–Crippen LogP) is 0.914. The van der Waals surface area contributed by atoms with Crippen LogP contribution in [-0.2, 0) is 14.8 Å². The van der Waals surface area contributed by atoms with Gasteiger partial charge in [0, 0.05) is 0 Å². The van der Waals surface area contributed by atoms with Crippen LogP contribution in [0, 0.1) is 0 Å². The number of hydrogen-bond donors (Lipinski definition) is 1. The molecule has 4 nitrogen and oxygen atoms in total. The van der Waals surface area contributed by atoms with Gasteiger partial charge in [-0.2, -0.15) is 0 Å². The third-order valence-electron chi connectivity index (χ3n) is 2.49. The zero-order valence-corrected chi connectivity index (χ0v) is 9.39. The molecule has 1 atom stereocenters. The summed E-state index contributed by atoms with van der Waals surface area (Å²) in [7, 11) is -2.01. The van der Waals surface area contributed by atoms with Gasteiger partial charge in [-0.25, -0.2) is 13.6 Å². The van der Waals surface area contributed by atoms with Crippen molar-refractivity contribution in [3.8, 4) is 0 Å². The number of hydrogen-bond acceptors (Lipinski definition) is 3. The molecule has 1 aliphatic rings. The standard InChI is InChI=1S/C9H15NO3S/c1-7-6-9(2,14(10,11)12)5-4-8(7)13-3/h4-5H,6H2,1-3H3,(H2,10,11,12). The molecule has 5 heteroatoms. The van der Waals surface area contributed by atoms with E-state index in [0.717, 1.165) is 5.57 Å². The SMILES string of the molecule is COC1=C(C)CC(C)(S(N)(=O)=O)C=C1. The van der Waals surface area contributed by atoms with E-state index in [1.807, 2.05) is 6.92 Å². The van der Waals surface area contributed by atoms with Gasteiger partial charge < -0.3 is 4.74 Å². The summed E-state index contributed by atoms with van der Waals surface area (Å²) >= 11 is 0. The summed E-state index contributed by atoms with van der Waals surface area (Å²) in [6.45, 7) is 3.44. The van der Waals surface area contributed by atoms with Crippen molar-refractivity contribution in [1.29, 1.82) is 0 Å². The molecule has 0 saturated carbocycles. The molecule has 0 aromatic rings. The molecule has 0 aromatic carbocycles. The molecule has 1 aliphatic carbocycles. The van der Waals surface area contributed by atoms with Gasteiger partial charge in [-0.1, -0.05) is 6.08 Å². The van der Waals surface area contributed by atoms with E-state index in [2.05, 4.69) is 0 Å². The van der Waals surface area contributed by atoms with Crippen LogP contribution >= 0.6 is 0 Å². The summed E-state index contributed by atoms with van der Waals surface area (Å²) in [5.74, 6) is 0.714. The first-order chi connectivity index (χ1) is 6.30. The Morgan fingerprint density at radius 3 is 2.50 bits per heavy atom. The monoisotopic (exact) mass is 217 g/mol. The molecule has 80 valence electrons. The van der Waals surface area contributed by atoms with Gasteiger partial charge in [-0.05, 0) is 31.9 Å². The first-order valence-corrected chi connectivity index (χ1v) is 5.80. The fourth-order valence-corrected chi connectivity index (χ4v) is 2.18. The minimum absolute atomic E-state index is 0.380. The zero-order valence-electron chi connectivity index (χ0n) is 8.57. The number of primary sulfonamides is 1. The number of sulfonamides is 1. The molecule has 0 aromatic heterocycles. The Morgan fingerprint density at radius 1 is 1.57 bits per heavy atom. The van der Waals surface area contributed by atoms with Crippen LogP contribution in [0.2, 0.25) is 0 Å². The normalized spacial score (nSPS) is 28.0. The number of rotatable bonds is 2. The average molecular weight is 217 g/mol. The van der Waals surface area contributed by atoms with E-state index in [9.17, 15) is 8.42 Å².